The van der Waals surface area contributed by atoms with Crippen molar-refractivity contribution in [1.82, 2.24) is 0 Å². The van der Waals surface area contributed by atoms with Gasteiger partial charge in [0, 0.05) is 6.92 Å². The molecule has 0 bridgehead atoms. The Balaban J connectivity index is 1.78. The Morgan fingerprint density at radius 1 is 0.578 bits per heavy atom. The summed E-state index contributed by atoms with van der Waals surface area (Å²) in [6.07, 6.45) is 6.61. The minimum Gasteiger partial charge on any atom is -0.493 e. The lowest BCUT2D eigenvalue weighted by molar-refractivity contribution is -0.135. The summed E-state index contributed by atoms with van der Waals surface area (Å²) < 4.78 is 21.4. The molecule has 0 unspecified atom stereocenters. The molecule has 0 aromatic heterocycles. The van der Waals surface area contributed by atoms with Gasteiger partial charge >= 0.3 is 5.97 Å². The summed E-state index contributed by atoms with van der Waals surface area (Å²) in [7, 11) is 4.57. The van der Waals surface area contributed by atoms with Gasteiger partial charge in [0.2, 0.25) is 0 Å². The topological polar surface area (TPSA) is 88.1 Å². The Morgan fingerprint density at radius 3 is 1.42 bits per heavy atom. The van der Waals surface area contributed by atoms with Crippen molar-refractivity contribution in [3.05, 3.63) is 131 Å². The highest BCUT2D eigenvalue weighted by Gasteiger charge is 2.43. The van der Waals surface area contributed by atoms with Gasteiger partial charge in [0.25, 0.3) is 0 Å². The van der Waals surface area contributed by atoms with E-state index in [0.717, 1.165) is 16.7 Å². The zero-order valence-electron chi connectivity index (χ0n) is 25.8. The van der Waals surface area contributed by atoms with Crippen molar-refractivity contribution in [2.75, 3.05) is 21.3 Å². The third kappa shape index (κ3) is 8.36. The molecule has 4 aromatic rings. The summed E-state index contributed by atoms with van der Waals surface area (Å²) in [5.74, 6) is 0.558. The molecular formula is C38H36O7. The average Bonchev–Trinajstić information content (AvgIpc) is 3.06. The van der Waals surface area contributed by atoms with Crippen LogP contribution in [0.15, 0.2) is 109 Å². The summed E-state index contributed by atoms with van der Waals surface area (Å²) in [4.78, 5) is 40.2. The van der Waals surface area contributed by atoms with E-state index in [1.807, 2.05) is 66.7 Å². The Bertz CT molecular complexity index is 1650. The van der Waals surface area contributed by atoms with E-state index in [-0.39, 0.29) is 30.2 Å². The van der Waals surface area contributed by atoms with Gasteiger partial charge in [-0.05, 0) is 71.5 Å². The zero-order valence-corrected chi connectivity index (χ0v) is 25.8. The largest absolute Gasteiger partial charge is 0.493 e. The highest BCUT2D eigenvalue weighted by molar-refractivity contribution is 6.17. The smallest absolute Gasteiger partial charge is 0.308 e. The van der Waals surface area contributed by atoms with Crippen molar-refractivity contribution in [1.29, 1.82) is 0 Å². The molecule has 0 radical (unpaired) electrons. The molecule has 0 fully saturated rings. The second kappa shape index (κ2) is 15.3. The van der Waals surface area contributed by atoms with Crippen molar-refractivity contribution in [2.24, 2.45) is 5.41 Å². The third-order valence-corrected chi connectivity index (χ3v) is 7.34. The van der Waals surface area contributed by atoms with Gasteiger partial charge in [0.1, 0.15) is 5.41 Å². The van der Waals surface area contributed by atoms with Crippen molar-refractivity contribution >= 4 is 29.7 Å². The highest BCUT2D eigenvalue weighted by atomic mass is 16.6. The number of rotatable bonds is 14. The van der Waals surface area contributed by atoms with Crippen LogP contribution in [0.25, 0.3) is 12.2 Å². The van der Waals surface area contributed by atoms with E-state index < -0.39 is 11.4 Å². The average molecular weight is 605 g/mol. The summed E-state index contributed by atoms with van der Waals surface area (Å²) in [5, 5.41) is 0. The molecule has 0 saturated heterocycles. The quantitative estimate of drug-likeness (QED) is 0.0665. The number of ketones is 2. The van der Waals surface area contributed by atoms with Gasteiger partial charge in [-0.25, -0.2) is 0 Å². The molecule has 0 saturated carbocycles. The molecule has 7 heteroatoms. The van der Waals surface area contributed by atoms with Crippen molar-refractivity contribution in [3.63, 3.8) is 0 Å². The van der Waals surface area contributed by atoms with E-state index in [9.17, 15) is 14.4 Å². The maximum Gasteiger partial charge on any atom is 0.308 e. The molecule has 0 aliphatic carbocycles. The van der Waals surface area contributed by atoms with Crippen LogP contribution in [-0.4, -0.2) is 38.9 Å². The molecule has 45 heavy (non-hydrogen) atoms. The van der Waals surface area contributed by atoms with E-state index in [0.29, 0.717) is 22.8 Å². The number of esters is 1. The Labute approximate surface area is 263 Å². The van der Waals surface area contributed by atoms with Crippen LogP contribution < -0.4 is 18.9 Å². The zero-order chi connectivity index (χ0) is 32.2. The fourth-order valence-electron chi connectivity index (χ4n) is 5.07. The monoisotopic (exact) mass is 604 g/mol. The van der Waals surface area contributed by atoms with Crippen LogP contribution in [-0.2, 0) is 27.2 Å². The van der Waals surface area contributed by atoms with Crippen molar-refractivity contribution in [2.45, 2.75) is 19.8 Å². The fraction of sp³-hybridized carbons (Fsp3) is 0.184. The van der Waals surface area contributed by atoms with E-state index in [1.165, 1.54) is 26.2 Å². The van der Waals surface area contributed by atoms with Crippen molar-refractivity contribution < 1.29 is 33.3 Å². The second-order valence-corrected chi connectivity index (χ2v) is 10.4. The first kappa shape index (κ1) is 32.5. The predicted octanol–water partition coefficient (Wildman–Crippen LogP) is 6.97. The van der Waals surface area contributed by atoms with Gasteiger partial charge in [0.15, 0.2) is 34.6 Å². The molecule has 0 heterocycles. The molecule has 0 amide bonds. The summed E-state index contributed by atoms with van der Waals surface area (Å²) >= 11 is 0. The molecule has 7 nitrogen and oxygen atoms in total. The van der Waals surface area contributed by atoms with Crippen LogP contribution in [0.5, 0.6) is 23.0 Å². The van der Waals surface area contributed by atoms with E-state index in [2.05, 4.69) is 0 Å². The van der Waals surface area contributed by atoms with Crippen LogP contribution in [0.4, 0.5) is 0 Å². The number of methoxy groups -OCH3 is 3. The molecule has 0 N–H and O–H groups in total. The van der Waals surface area contributed by atoms with Gasteiger partial charge in [-0.15, -0.1) is 0 Å². The van der Waals surface area contributed by atoms with Gasteiger partial charge in [-0.3, -0.25) is 14.4 Å². The second-order valence-electron chi connectivity index (χ2n) is 10.4. The minimum atomic E-state index is -1.45. The molecule has 0 atom stereocenters. The standard InChI is InChI=1S/C38H36O7/c1-27(39)45-33-20-16-29(24-35(33)44-4)18-22-37(41)38(25-30-11-7-5-8-12-30,26-31-13-9-6-10-14-31)36(40)21-17-28-15-19-32(42-2)34(23-28)43-3/h5-24H,25-26H2,1-4H3. The van der Waals surface area contributed by atoms with E-state index in [4.69, 9.17) is 18.9 Å². The van der Waals surface area contributed by atoms with Crippen LogP contribution >= 0.6 is 0 Å². The number of ether oxygens (including phenoxy) is 4. The van der Waals surface area contributed by atoms with Crippen LogP contribution in [0, 0.1) is 5.41 Å². The Hall–Kier alpha value is -5.43. The predicted molar refractivity (Wildman–Crippen MR) is 175 cm³/mol. The lowest BCUT2D eigenvalue weighted by Crippen LogP contribution is -2.42. The highest BCUT2D eigenvalue weighted by Crippen LogP contribution is 2.34. The number of hydrogen-bond acceptors (Lipinski definition) is 7. The first-order chi connectivity index (χ1) is 21.8. The summed E-state index contributed by atoms with van der Waals surface area (Å²) in [6.45, 7) is 1.31. The van der Waals surface area contributed by atoms with Crippen LogP contribution in [0.2, 0.25) is 0 Å². The molecule has 4 rings (SSSR count). The molecular weight excluding hydrogens is 568 g/mol. The number of hydrogen-bond donors (Lipinski definition) is 0. The lowest BCUT2D eigenvalue weighted by atomic mass is 9.69. The fourth-order valence-corrected chi connectivity index (χ4v) is 5.07. The maximum atomic E-state index is 14.4. The number of allylic oxidation sites excluding steroid dienone is 2. The van der Waals surface area contributed by atoms with Gasteiger partial charge in [0.05, 0.1) is 21.3 Å². The Kier molecular flexibility index (Phi) is 11.1. The first-order valence-corrected chi connectivity index (χ1v) is 14.4. The number of benzene rings is 4. The molecule has 4 aromatic carbocycles. The lowest BCUT2D eigenvalue weighted by Gasteiger charge is -2.29. The molecule has 0 aliphatic rings. The first-order valence-electron chi connectivity index (χ1n) is 14.4. The van der Waals surface area contributed by atoms with Crippen molar-refractivity contribution in [3.8, 4) is 23.0 Å². The van der Waals surface area contributed by atoms with Gasteiger partial charge in [-0.2, -0.15) is 0 Å². The summed E-state index contributed by atoms with van der Waals surface area (Å²) in [5.41, 5.74) is 1.62. The number of carbonyl (C=O) groups is 3. The van der Waals surface area contributed by atoms with E-state index in [1.54, 1.807) is 56.7 Å². The van der Waals surface area contributed by atoms with Crippen LogP contribution in [0.1, 0.15) is 29.2 Å². The van der Waals surface area contributed by atoms with Gasteiger partial charge < -0.3 is 18.9 Å². The molecule has 0 spiro atoms. The SMILES string of the molecule is COc1ccc(C=CC(=O)C(Cc2ccccc2)(Cc2ccccc2)C(=O)C=Cc2ccc(OC(C)=O)c(OC)c2)cc1OC. The van der Waals surface area contributed by atoms with Crippen LogP contribution in [0.3, 0.4) is 0 Å². The van der Waals surface area contributed by atoms with Gasteiger partial charge in [-0.1, -0.05) is 84.9 Å². The minimum absolute atomic E-state index is 0.190. The molecule has 0 aliphatic heterocycles. The maximum absolute atomic E-state index is 14.4. The summed E-state index contributed by atoms with van der Waals surface area (Å²) in [6, 6.07) is 29.4. The molecule has 230 valence electrons. The third-order valence-electron chi connectivity index (χ3n) is 7.34. The number of carbonyl (C=O) groups excluding carboxylic acids is 3. The van der Waals surface area contributed by atoms with E-state index >= 15 is 0 Å². The Morgan fingerprint density at radius 2 is 1.00 bits per heavy atom. The normalized spacial score (nSPS) is 11.4.